The summed E-state index contributed by atoms with van der Waals surface area (Å²) in [6.45, 7) is 3.96. The van der Waals surface area contributed by atoms with Gasteiger partial charge in [0.1, 0.15) is 5.56 Å². The van der Waals surface area contributed by atoms with Gasteiger partial charge in [-0.3, -0.25) is 29.4 Å². The number of amides is 2. The molecular formula is C24H21N3O5. The van der Waals surface area contributed by atoms with Gasteiger partial charge < -0.3 is 4.57 Å². The number of ketones is 1. The largest absolute Gasteiger partial charge is 0.348 e. The van der Waals surface area contributed by atoms with Gasteiger partial charge in [-0.25, -0.2) is 0 Å². The van der Waals surface area contributed by atoms with E-state index >= 15 is 0 Å². The van der Waals surface area contributed by atoms with Gasteiger partial charge in [0.25, 0.3) is 17.5 Å². The Balaban J connectivity index is 1.55. The van der Waals surface area contributed by atoms with E-state index in [9.17, 15) is 24.5 Å². The molecule has 0 aliphatic carbocycles. The van der Waals surface area contributed by atoms with Crippen LogP contribution in [-0.4, -0.2) is 38.5 Å². The minimum absolute atomic E-state index is 0.0506. The molecule has 2 heterocycles. The first-order valence-electron chi connectivity index (χ1n) is 10.2. The lowest BCUT2D eigenvalue weighted by Crippen LogP contribution is -2.35. The van der Waals surface area contributed by atoms with E-state index < -0.39 is 29.0 Å². The summed E-state index contributed by atoms with van der Waals surface area (Å²) in [6, 6.07) is 15.6. The highest BCUT2D eigenvalue weighted by Crippen LogP contribution is 2.31. The van der Waals surface area contributed by atoms with Crippen molar-refractivity contribution < 1.29 is 19.3 Å². The Morgan fingerprint density at radius 2 is 1.72 bits per heavy atom. The lowest BCUT2D eigenvalue weighted by molar-refractivity contribution is -0.385. The lowest BCUT2D eigenvalue weighted by atomic mass is 10.1. The van der Waals surface area contributed by atoms with Gasteiger partial charge in [0, 0.05) is 29.6 Å². The number of benzene rings is 2. The first kappa shape index (κ1) is 21.2. The van der Waals surface area contributed by atoms with Crippen LogP contribution in [0.4, 0.5) is 5.69 Å². The molecule has 0 atom stereocenters. The molecule has 0 bridgehead atoms. The molecule has 8 heteroatoms. The molecule has 1 aliphatic rings. The number of hydrogen-bond acceptors (Lipinski definition) is 5. The van der Waals surface area contributed by atoms with Gasteiger partial charge in [0.05, 0.1) is 17.0 Å². The van der Waals surface area contributed by atoms with E-state index in [0.717, 1.165) is 22.7 Å². The summed E-state index contributed by atoms with van der Waals surface area (Å²) in [4.78, 5) is 49.8. The summed E-state index contributed by atoms with van der Waals surface area (Å²) in [5, 5.41) is 11.3. The summed E-state index contributed by atoms with van der Waals surface area (Å²) in [6.07, 6.45) is 0.799. The Morgan fingerprint density at radius 3 is 2.41 bits per heavy atom. The van der Waals surface area contributed by atoms with Crippen molar-refractivity contribution >= 4 is 23.3 Å². The molecule has 162 valence electrons. The average molecular weight is 431 g/mol. The van der Waals surface area contributed by atoms with Crippen LogP contribution in [0, 0.1) is 24.0 Å². The van der Waals surface area contributed by atoms with Gasteiger partial charge in [-0.15, -0.1) is 0 Å². The zero-order valence-corrected chi connectivity index (χ0v) is 17.7. The zero-order chi connectivity index (χ0) is 23.0. The van der Waals surface area contributed by atoms with Crippen molar-refractivity contribution in [1.82, 2.24) is 9.47 Å². The van der Waals surface area contributed by atoms with Crippen LogP contribution < -0.4 is 0 Å². The normalized spacial score (nSPS) is 12.9. The standard InChI is InChI=1S/C24H21N3O5/c1-15-13-19(16(2)25(15)12-11-17-7-4-3-5-8-17)21(28)14-26-23(29)18-9-6-10-20(27(31)32)22(18)24(26)30/h3-10,13H,11-12,14H2,1-2H3. The van der Waals surface area contributed by atoms with Crippen molar-refractivity contribution in [2.75, 3.05) is 6.54 Å². The van der Waals surface area contributed by atoms with Crippen molar-refractivity contribution in [3.05, 3.63) is 98.4 Å². The highest BCUT2D eigenvalue weighted by molar-refractivity contribution is 6.24. The van der Waals surface area contributed by atoms with Gasteiger partial charge in [0.15, 0.2) is 5.78 Å². The maximum atomic E-state index is 13.0. The number of aromatic nitrogens is 1. The van der Waals surface area contributed by atoms with E-state index in [-0.39, 0.29) is 16.9 Å². The first-order chi connectivity index (χ1) is 15.3. The number of aryl methyl sites for hydroxylation is 2. The van der Waals surface area contributed by atoms with E-state index in [1.165, 1.54) is 23.8 Å². The number of carbonyl (C=O) groups is 3. The van der Waals surface area contributed by atoms with Crippen LogP contribution in [0.5, 0.6) is 0 Å². The third-order valence-corrected chi connectivity index (χ3v) is 5.82. The monoisotopic (exact) mass is 431 g/mol. The number of nitrogens with zero attached hydrogens (tertiary/aromatic N) is 3. The molecule has 0 fully saturated rings. The maximum Gasteiger partial charge on any atom is 0.282 e. The van der Waals surface area contributed by atoms with E-state index in [1.54, 1.807) is 6.07 Å². The summed E-state index contributed by atoms with van der Waals surface area (Å²) in [7, 11) is 0. The predicted octanol–water partition coefficient (Wildman–Crippen LogP) is 3.73. The van der Waals surface area contributed by atoms with E-state index in [2.05, 4.69) is 0 Å². The lowest BCUT2D eigenvalue weighted by Gasteiger charge is -2.13. The minimum Gasteiger partial charge on any atom is -0.348 e. The first-order valence-corrected chi connectivity index (χ1v) is 10.2. The molecule has 0 spiro atoms. The van der Waals surface area contributed by atoms with Crippen LogP contribution in [0.25, 0.3) is 0 Å². The van der Waals surface area contributed by atoms with Crippen molar-refractivity contribution in [2.45, 2.75) is 26.8 Å². The van der Waals surface area contributed by atoms with Gasteiger partial charge in [-0.05, 0) is 38.0 Å². The SMILES string of the molecule is Cc1cc(C(=O)CN2C(=O)c3cccc([N+](=O)[O-])c3C2=O)c(C)n1CCc1ccccc1. The molecule has 3 aromatic rings. The summed E-state index contributed by atoms with van der Waals surface area (Å²) in [5.41, 5.74) is 2.52. The Hall–Kier alpha value is -4.07. The molecule has 4 rings (SSSR count). The van der Waals surface area contributed by atoms with Crippen LogP contribution in [0.15, 0.2) is 54.6 Å². The number of carbonyl (C=O) groups excluding carboxylic acids is 3. The number of Topliss-reactive ketones (excluding diaryl/α,β-unsaturated/α-hetero) is 1. The van der Waals surface area contributed by atoms with Crippen molar-refractivity contribution in [1.29, 1.82) is 0 Å². The fraction of sp³-hybridized carbons (Fsp3) is 0.208. The van der Waals surface area contributed by atoms with E-state index in [1.807, 2.05) is 48.7 Å². The maximum absolute atomic E-state index is 13.0. The fourth-order valence-corrected chi connectivity index (χ4v) is 4.15. The summed E-state index contributed by atoms with van der Waals surface area (Å²) >= 11 is 0. The van der Waals surface area contributed by atoms with Crippen LogP contribution in [-0.2, 0) is 13.0 Å². The Bertz CT molecular complexity index is 1260. The molecule has 0 N–H and O–H groups in total. The Kier molecular flexibility index (Phi) is 5.44. The Labute approximate surface area is 184 Å². The highest BCUT2D eigenvalue weighted by atomic mass is 16.6. The number of hydrogen-bond donors (Lipinski definition) is 0. The van der Waals surface area contributed by atoms with Crippen LogP contribution in [0.2, 0.25) is 0 Å². The minimum atomic E-state index is -0.816. The fourth-order valence-electron chi connectivity index (χ4n) is 4.15. The van der Waals surface area contributed by atoms with Crippen molar-refractivity contribution in [2.24, 2.45) is 0 Å². The molecule has 0 unspecified atom stereocenters. The summed E-state index contributed by atoms with van der Waals surface area (Å²) in [5.74, 6) is -1.90. The molecule has 0 saturated carbocycles. The number of nitro benzene ring substituents is 1. The highest BCUT2D eigenvalue weighted by Gasteiger charge is 2.41. The smallest absolute Gasteiger partial charge is 0.282 e. The second-order valence-corrected chi connectivity index (χ2v) is 7.75. The quantitative estimate of drug-likeness (QED) is 0.245. The molecule has 1 aliphatic heterocycles. The molecule has 32 heavy (non-hydrogen) atoms. The summed E-state index contributed by atoms with van der Waals surface area (Å²) < 4.78 is 2.04. The molecule has 1 aromatic heterocycles. The molecule has 0 radical (unpaired) electrons. The van der Waals surface area contributed by atoms with Gasteiger partial charge in [-0.2, -0.15) is 0 Å². The van der Waals surface area contributed by atoms with Gasteiger partial charge >= 0.3 is 0 Å². The van der Waals surface area contributed by atoms with Crippen molar-refractivity contribution in [3.63, 3.8) is 0 Å². The molecule has 8 nitrogen and oxygen atoms in total. The molecule has 2 aromatic carbocycles. The average Bonchev–Trinajstić information content (AvgIpc) is 3.20. The van der Waals surface area contributed by atoms with E-state index in [4.69, 9.17) is 0 Å². The van der Waals surface area contributed by atoms with Crippen molar-refractivity contribution in [3.8, 4) is 0 Å². The molecular weight excluding hydrogens is 410 g/mol. The second kappa shape index (κ2) is 8.22. The number of imide groups is 1. The predicted molar refractivity (Wildman–Crippen MR) is 117 cm³/mol. The Morgan fingerprint density at radius 1 is 1.00 bits per heavy atom. The third-order valence-electron chi connectivity index (χ3n) is 5.82. The van der Waals surface area contributed by atoms with E-state index in [0.29, 0.717) is 12.1 Å². The topological polar surface area (TPSA) is 103 Å². The van der Waals surface area contributed by atoms with Gasteiger partial charge in [0.2, 0.25) is 0 Å². The van der Waals surface area contributed by atoms with Crippen LogP contribution in [0.3, 0.4) is 0 Å². The number of rotatable bonds is 7. The van der Waals surface area contributed by atoms with Crippen LogP contribution in [0.1, 0.15) is 48.0 Å². The molecule has 0 saturated heterocycles. The number of fused-ring (bicyclic) bond motifs is 1. The molecule has 2 amide bonds. The van der Waals surface area contributed by atoms with Gasteiger partial charge in [-0.1, -0.05) is 36.4 Å². The zero-order valence-electron chi connectivity index (χ0n) is 17.7. The third kappa shape index (κ3) is 3.60. The van der Waals surface area contributed by atoms with Crippen LogP contribution >= 0.6 is 0 Å². The number of nitro groups is 1. The second-order valence-electron chi connectivity index (χ2n) is 7.75.